The second-order valence-electron chi connectivity index (χ2n) is 6.21. The third kappa shape index (κ3) is 6.18. The molecule has 0 aliphatic heterocycles. The van der Waals surface area contributed by atoms with Crippen molar-refractivity contribution in [2.45, 2.75) is 0 Å². The Balaban J connectivity index is 0.000000118. The van der Waals surface area contributed by atoms with Gasteiger partial charge in [-0.15, -0.1) is 10.2 Å². The normalized spacial score (nSPS) is 9.82. The average molecular weight is 438 g/mol. The summed E-state index contributed by atoms with van der Waals surface area (Å²) in [6.07, 6.45) is 8.53. The van der Waals surface area contributed by atoms with Gasteiger partial charge in [-0.05, 0) is 47.7 Å². The minimum atomic E-state index is 0.519. The molecular weight excluding hydrogens is 420 g/mol. The second kappa shape index (κ2) is 11.3. The van der Waals surface area contributed by atoms with E-state index in [0.29, 0.717) is 5.82 Å². The van der Waals surface area contributed by atoms with E-state index in [-0.39, 0.29) is 0 Å². The molecule has 0 aliphatic rings. The van der Waals surface area contributed by atoms with Crippen molar-refractivity contribution < 1.29 is 0 Å². The van der Waals surface area contributed by atoms with Crippen LogP contribution >= 0.6 is 0 Å². The number of tetrazole rings is 1. The van der Waals surface area contributed by atoms with Gasteiger partial charge in [-0.2, -0.15) is 25.7 Å². The van der Waals surface area contributed by atoms with Gasteiger partial charge < -0.3 is 0 Å². The topological polar surface area (TPSA) is 163 Å². The summed E-state index contributed by atoms with van der Waals surface area (Å²) in [5.41, 5.74) is 4.20. The summed E-state index contributed by atoms with van der Waals surface area (Å²) in [5, 5.41) is 30.1. The van der Waals surface area contributed by atoms with Gasteiger partial charge in [0.2, 0.25) is 5.82 Å². The first-order valence-corrected chi connectivity index (χ1v) is 9.73. The van der Waals surface area contributed by atoms with E-state index in [2.05, 4.69) is 61.2 Å². The Kier molecular flexibility index (Phi) is 7.24. The third-order valence-electron chi connectivity index (χ3n) is 4.02. The molecule has 0 bridgehead atoms. The minimum absolute atomic E-state index is 0.519. The molecule has 6 aromatic heterocycles. The van der Waals surface area contributed by atoms with Crippen molar-refractivity contribution in [3.63, 3.8) is 0 Å². The van der Waals surface area contributed by atoms with E-state index in [9.17, 15) is 0 Å². The SMILES string of the molecule is c1ccc(-c2ccn[nH]2)nc1.c1ccc(-c2cn[nH]n2)nc1.c1ccc(-c2nn[nH]n2)nc1. The van der Waals surface area contributed by atoms with Gasteiger partial charge in [-0.25, -0.2) is 0 Å². The molecule has 0 aromatic carbocycles. The minimum Gasteiger partial charge on any atom is -0.276 e. The van der Waals surface area contributed by atoms with Crippen LogP contribution in [0.4, 0.5) is 0 Å². The van der Waals surface area contributed by atoms with Crippen LogP contribution in [0.1, 0.15) is 0 Å². The summed E-state index contributed by atoms with van der Waals surface area (Å²) in [7, 11) is 0. The predicted octanol–water partition coefficient (Wildman–Crippen LogP) is 2.60. The van der Waals surface area contributed by atoms with Gasteiger partial charge in [0.1, 0.15) is 11.4 Å². The van der Waals surface area contributed by atoms with Gasteiger partial charge in [-0.3, -0.25) is 20.1 Å². The van der Waals surface area contributed by atoms with E-state index < -0.39 is 0 Å². The molecule has 0 saturated carbocycles. The van der Waals surface area contributed by atoms with E-state index in [1.807, 2.05) is 60.7 Å². The number of H-pyrrole nitrogens is 3. The maximum absolute atomic E-state index is 4.15. The molecule has 0 amide bonds. The highest BCUT2D eigenvalue weighted by molar-refractivity contribution is 5.52. The Morgan fingerprint density at radius 1 is 0.545 bits per heavy atom. The maximum Gasteiger partial charge on any atom is 0.222 e. The number of rotatable bonds is 3. The molecule has 0 radical (unpaired) electrons. The first-order valence-electron chi connectivity index (χ1n) is 9.73. The number of hydrogen-bond acceptors (Lipinski definition) is 9. The standard InChI is InChI=1S/C8H7N3.C7H6N4.C6H5N5/c1-2-5-9-7(3-1)8-4-6-10-11-8;1-2-4-8-6(3-1)7-5-9-11-10-7;1-2-4-7-5(3-1)6-8-10-11-9-6/h1-6H,(H,10,11);1-5H,(H,9,10,11);1-4H,(H,8,9,10,11). The molecule has 0 aliphatic carbocycles. The lowest BCUT2D eigenvalue weighted by Gasteiger charge is -1.92. The first kappa shape index (κ1) is 21.1. The molecule has 3 N–H and O–H groups in total. The van der Waals surface area contributed by atoms with Crippen LogP contribution in [-0.2, 0) is 0 Å². The Morgan fingerprint density at radius 2 is 1.24 bits per heavy atom. The highest BCUT2D eigenvalue weighted by Gasteiger charge is 2.00. The summed E-state index contributed by atoms with van der Waals surface area (Å²) in [5.74, 6) is 0.519. The van der Waals surface area contributed by atoms with Gasteiger partial charge >= 0.3 is 0 Å². The lowest BCUT2D eigenvalue weighted by molar-refractivity contribution is 0.881. The Morgan fingerprint density at radius 3 is 1.76 bits per heavy atom. The van der Waals surface area contributed by atoms with Gasteiger partial charge in [0.15, 0.2) is 0 Å². The number of pyridine rings is 3. The van der Waals surface area contributed by atoms with Crippen molar-refractivity contribution in [2.24, 2.45) is 0 Å². The summed E-state index contributed by atoms with van der Waals surface area (Å²) in [6, 6.07) is 18.9. The third-order valence-corrected chi connectivity index (χ3v) is 4.02. The van der Waals surface area contributed by atoms with Gasteiger partial charge in [0.05, 0.1) is 23.3 Å². The van der Waals surface area contributed by atoms with Crippen LogP contribution in [0.2, 0.25) is 0 Å². The smallest absolute Gasteiger partial charge is 0.222 e. The number of aromatic amines is 3. The number of nitrogens with one attached hydrogen (secondary N) is 3. The zero-order chi connectivity index (χ0) is 22.6. The van der Waals surface area contributed by atoms with Gasteiger partial charge in [0, 0.05) is 24.8 Å². The summed E-state index contributed by atoms with van der Waals surface area (Å²) in [4.78, 5) is 12.3. The van der Waals surface area contributed by atoms with Crippen LogP contribution < -0.4 is 0 Å². The van der Waals surface area contributed by atoms with E-state index in [1.54, 1.807) is 31.0 Å². The first-order chi connectivity index (χ1) is 16.4. The molecule has 12 nitrogen and oxygen atoms in total. The molecule has 0 unspecified atom stereocenters. The fourth-order valence-corrected chi connectivity index (χ4v) is 2.53. The van der Waals surface area contributed by atoms with E-state index >= 15 is 0 Å². The van der Waals surface area contributed by atoms with Crippen LogP contribution in [0.25, 0.3) is 34.3 Å². The molecule has 6 heterocycles. The fourth-order valence-electron chi connectivity index (χ4n) is 2.53. The largest absolute Gasteiger partial charge is 0.276 e. The van der Waals surface area contributed by atoms with Crippen molar-refractivity contribution in [1.82, 2.24) is 61.2 Å². The van der Waals surface area contributed by atoms with E-state index in [4.69, 9.17) is 0 Å². The van der Waals surface area contributed by atoms with Crippen LogP contribution in [0.5, 0.6) is 0 Å². The molecule has 33 heavy (non-hydrogen) atoms. The summed E-state index contributed by atoms with van der Waals surface area (Å²) in [6.45, 7) is 0. The van der Waals surface area contributed by atoms with Crippen molar-refractivity contribution >= 4 is 0 Å². The van der Waals surface area contributed by atoms with E-state index in [1.165, 1.54) is 0 Å². The van der Waals surface area contributed by atoms with Crippen LogP contribution in [-0.4, -0.2) is 61.2 Å². The van der Waals surface area contributed by atoms with Crippen molar-refractivity contribution in [1.29, 1.82) is 0 Å². The molecule has 6 aromatic rings. The number of hydrogen-bond donors (Lipinski definition) is 3. The summed E-state index contributed by atoms with van der Waals surface area (Å²) >= 11 is 0. The molecular formula is C21H18N12. The molecule has 162 valence electrons. The number of aromatic nitrogens is 12. The highest BCUT2D eigenvalue weighted by atomic mass is 15.5. The lowest BCUT2D eigenvalue weighted by atomic mass is 10.3. The predicted molar refractivity (Wildman–Crippen MR) is 119 cm³/mol. The monoisotopic (exact) mass is 438 g/mol. The zero-order valence-electron chi connectivity index (χ0n) is 17.2. The highest BCUT2D eigenvalue weighted by Crippen LogP contribution is 2.11. The second-order valence-corrected chi connectivity index (χ2v) is 6.21. The van der Waals surface area contributed by atoms with Crippen molar-refractivity contribution in [3.05, 3.63) is 91.6 Å². The maximum atomic E-state index is 4.15. The molecule has 0 atom stereocenters. The molecule has 12 heteroatoms. The quantitative estimate of drug-likeness (QED) is 0.377. The molecule has 0 saturated heterocycles. The lowest BCUT2D eigenvalue weighted by Crippen LogP contribution is -1.83. The van der Waals surface area contributed by atoms with Crippen molar-refractivity contribution in [3.8, 4) is 34.3 Å². The van der Waals surface area contributed by atoms with Crippen LogP contribution in [0.3, 0.4) is 0 Å². The Hall–Kier alpha value is -5.13. The van der Waals surface area contributed by atoms with Crippen molar-refractivity contribution in [2.75, 3.05) is 0 Å². The van der Waals surface area contributed by atoms with Crippen LogP contribution in [0.15, 0.2) is 91.6 Å². The zero-order valence-corrected chi connectivity index (χ0v) is 17.2. The van der Waals surface area contributed by atoms with Crippen LogP contribution in [0, 0.1) is 0 Å². The van der Waals surface area contributed by atoms with E-state index in [0.717, 1.165) is 28.5 Å². The van der Waals surface area contributed by atoms with Gasteiger partial charge in [0.25, 0.3) is 0 Å². The fraction of sp³-hybridized carbons (Fsp3) is 0. The molecule has 0 fully saturated rings. The number of nitrogens with zero attached hydrogens (tertiary/aromatic N) is 9. The summed E-state index contributed by atoms with van der Waals surface area (Å²) < 4.78 is 0. The molecule has 6 rings (SSSR count). The molecule has 0 spiro atoms. The Labute approximate surface area is 187 Å². The van der Waals surface area contributed by atoms with Gasteiger partial charge in [-0.1, -0.05) is 18.2 Å². The average Bonchev–Trinajstić information content (AvgIpc) is 3.70. The Bertz CT molecular complexity index is 1110.